The fraction of sp³-hybridized carbons (Fsp3) is 0.200. The highest BCUT2D eigenvalue weighted by Crippen LogP contribution is 2.31. The van der Waals surface area contributed by atoms with Gasteiger partial charge in [-0.3, -0.25) is 9.97 Å². The SMILES string of the molecule is CC(C)(c1cccc(C2=CCCC=C2)n1)c1cccc(-c2ccccc2)n1. The van der Waals surface area contributed by atoms with Crippen LogP contribution < -0.4 is 0 Å². The number of pyridine rings is 2. The first-order valence-electron chi connectivity index (χ1n) is 9.52. The van der Waals surface area contributed by atoms with Crippen LogP contribution in [0, 0.1) is 0 Å². The van der Waals surface area contributed by atoms with Crippen LogP contribution in [0.1, 0.15) is 43.8 Å². The molecule has 2 nitrogen and oxygen atoms in total. The largest absolute Gasteiger partial charge is 0.252 e. The molecule has 0 aliphatic heterocycles. The van der Waals surface area contributed by atoms with E-state index in [4.69, 9.17) is 9.97 Å². The molecule has 0 saturated heterocycles. The summed E-state index contributed by atoms with van der Waals surface area (Å²) in [6.45, 7) is 4.39. The lowest BCUT2D eigenvalue weighted by molar-refractivity contribution is 0.595. The van der Waals surface area contributed by atoms with Gasteiger partial charge in [0.25, 0.3) is 0 Å². The van der Waals surface area contributed by atoms with Crippen molar-refractivity contribution in [2.75, 3.05) is 0 Å². The molecule has 4 rings (SSSR count). The molecule has 0 N–H and O–H groups in total. The molecule has 0 fully saturated rings. The smallest absolute Gasteiger partial charge is 0.0705 e. The minimum atomic E-state index is -0.278. The molecule has 1 aliphatic rings. The fourth-order valence-electron chi connectivity index (χ4n) is 3.43. The van der Waals surface area contributed by atoms with Gasteiger partial charge in [0.1, 0.15) is 0 Å². The van der Waals surface area contributed by atoms with E-state index in [9.17, 15) is 0 Å². The quantitative estimate of drug-likeness (QED) is 0.558. The molecule has 0 unspecified atom stereocenters. The summed E-state index contributed by atoms with van der Waals surface area (Å²) < 4.78 is 0. The highest BCUT2D eigenvalue weighted by Gasteiger charge is 2.27. The van der Waals surface area contributed by atoms with E-state index in [-0.39, 0.29) is 5.41 Å². The summed E-state index contributed by atoms with van der Waals surface area (Å²) in [5.41, 5.74) is 6.17. The lowest BCUT2D eigenvalue weighted by atomic mass is 9.84. The topological polar surface area (TPSA) is 25.8 Å². The van der Waals surface area contributed by atoms with Gasteiger partial charge < -0.3 is 0 Å². The average molecular weight is 352 g/mol. The summed E-state index contributed by atoms with van der Waals surface area (Å²) in [5, 5.41) is 0. The van der Waals surface area contributed by atoms with Gasteiger partial charge >= 0.3 is 0 Å². The maximum Gasteiger partial charge on any atom is 0.0705 e. The van der Waals surface area contributed by atoms with E-state index in [1.165, 1.54) is 5.57 Å². The number of hydrogen-bond donors (Lipinski definition) is 0. The summed E-state index contributed by atoms with van der Waals surface area (Å²) in [7, 11) is 0. The Morgan fingerprint density at radius 3 is 2.04 bits per heavy atom. The first-order chi connectivity index (χ1) is 13.1. The minimum absolute atomic E-state index is 0.278. The molecule has 0 saturated carbocycles. The predicted molar refractivity (Wildman–Crippen MR) is 112 cm³/mol. The lowest BCUT2D eigenvalue weighted by Crippen LogP contribution is -2.22. The molecule has 0 amide bonds. The molecule has 1 aromatic carbocycles. The fourth-order valence-corrected chi connectivity index (χ4v) is 3.43. The van der Waals surface area contributed by atoms with Gasteiger partial charge in [0, 0.05) is 11.0 Å². The van der Waals surface area contributed by atoms with E-state index in [0.717, 1.165) is 41.2 Å². The molecule has 0 bridgehead atoms. The van der Waals surface area contributed by atoms with Crippen LogP contribution in [0.5, 0.6) is 0 Å². The molecule has 3 aromatic rings. The molecule has 1 aliphatic carbocycles. The van der Waals surface area contributed by atoms with Crippen LogP contribution >= 0.6 is 0 Å². The summed E-state index contributed by atoms with van der Waals surface area (Å²) in [6.07, 6.45) is 8.87. The molecule has 2 heteroatoms. The number of rotatable bonds is 4. The highest BCUT2D eigenvalue weighted by atomic mass is 14.8. The Labute approximate surface area is 161 Å². The van der Waals surface area contributed by atoms with E-state index < -0.39 is 0 Å². The standard InChI is InChI=1S/C25H24N2/c1-25(2,23-17-9-15-21(26-23)19-11-5-3-6-12-19)24-18-10-16-22(27-24)20-13-7-4-8-14-20/h3,5-7,9-18H,4,8H2,1-2H3. The normalized spacial score (nSPS) is 14.1. The van der Waals surface area contributed by atoms with Crippen LogP contribution in [0.3, 0.4) is 0 Å². The van der Waals surface area contributed by atoms with Crippen molar-refractivity contribution < 1.29 is 0 Å². The molecule has 0 radical (unpaired) electrons. The number of allylic oxidation sites excluding steroid dienone is 4. The first-order valence-corrected chi connectivity index (χ1v) is 9.52. The number of aromatic nitrogens is 2. The van der Waals surface area contributed by atoms with Crippen molar-refractivity contribution in [2.24, 2.45) is 0 Å². The molecule has 0 spiro atoms. The number of nitrogens with zero attached hydrogens (tertiary/aromatic N) is 2. The second kappa shape index (κ2) is 7.32. The van der Waals surface area contributed by atoms with Crippen LogP contribution in [-0.4, -0.2) is 9.97 Å². The van der Waals surface area contributed by atoms with E-state index in [1.807, 2.05) is 18.2 Å². The second-order valence-corrected chi connectivity index (χ2v) is 7.45. The van der Waals surface area contributed by atoms with Crippen LogP contribution in [0.4, 0.5) is 0 Å². The Balaban J connectivity index is 1.72. The van der Waals surface area contributed by atoms with Gasteiger partial charge in [-0.05, 0) is 56.5 Å². The highest BCUT2D eigenvalue weighted by molar-refractivity contribution is 5.72. The third kappa shape index (κ3) is 3.61. The first kappa shape index (κ1) is 17.4. The third-order valence-electron chi connectivity index (χ3n) is 5.14. The van der Waals surface area contributed by atoms with Gasteiger partial charge in [-0.15, -0.1) is 0 Å². The zero-order valence-corrected chi connectivity index (χ0v) is 15.9. The Morgan fingerprint density at radius 2 is 1.37 bits per heavy atom. The van der Waals surface area contributed by atoms with Crippen molar-refractivity contribution in [2.45, 2.75) is 32.1 Å². The Bertz CT molecular complexity index is 998. The van der Waals surface area contributed by atoms with E-state index in [2.05, 4.69) is 80.6 Å². The van der Waals surface area contributed by atoms with E-state index >= 15 is 0 Å². The summed E-state index contributed by atoms with van der Waals surface area (Å²) >= 11 is 0. The average Bonchev–Trinajstić information content (AvgIpc) is 2.75. The maximum atomic E-state index is 4.99. The van der Waals surface area contributed by atoms with Crippen molar-refractivity contribution >= 4 is 5.57 Å². The molecule has 0 atom stereocenters. The van der Waals surface area contributed by atoms with Crippen LogP contribution in [-0.2, 0) is 5.41 Å². The Morgan fingerprint density at radius 1 is 0.704 bits per heavy atom. The van der Waals surface area contributed by atoms with Gasteiger partial charge in [-0.25, -0.2) is 0 Å². The zero-order chi connectivity index (χ0) is 18.7. The second-order valence-electron chi connectivity index (χ2n) is 7.45. The molecule has 27 heavy (non-hydrogen) atoms. The number of benzene rings is 1. The molecule has 2 heterocycles. The van der Waals surface area contributed by atoms with Gasteiger partial charge in [0.15, 0.2) is 0 Å². The van der Waals surface area contributed by atoms with E-state index in [1.54, 1.807) is 0 Å². The summed E-state index contributed by atoms with van der Waals surface area (Å²) in [6, 6.07) is 22.9. The van der Waals surface area contributed by atoms with Gasteiger partial charge in [0.2, 0.25) is 0 Å². The van der Waals surface area contributed by atoms with Crippen LogP contribution in [0.15, 0.2) is 85.0 Å². The van der Waals surface area contributed by atoms with Crippen molar-refractivity contribution in [3.05, 3.63) is 102 Å². The number of hydrogen-bond acceptors (Lipinski definition) is 2. The van der Waals surface area contributed by atoms with Crippen molar-refractivity contribution in [1.29, 1.82) is 0 Å². The van der Waals surface area contributed by atoms with Crippen molar-refractivity contribution in [3.63, 3.8) is 0 Å². The van der Waals surface area contributed by atoms with Crippen LogP contribution in [0.2, 0.25) is 0 Å². The Kier molecular flexibility index (Phi) is 4.72. The van der Waals surface area contributed by atoms with Crippen molar-refractivity contribution in [3.8, 4) is 11.3 Å². The van der Waals surface area contributed by atoms with Gasteiger partial charge in [-0.2, -0.15) is 0 Å². The lowest BCUT2D eigenvalue weighted by Gasteiger charge is -2.25. The summed E-state index contributed by atoms with van der Waals surface area (Å²) in [4.78, 5) is 9.95. The van der Waals surface area contributed by atoms with Crippen molar-refractivity contribution in [1.82, 2.24) is 9.97 Å². The molecular weight excluding hydrogens is 328 g/mol. The van der Waals surface area contributed by atoms with Crippen LogP contribution in [0.25, 0.3) is 16.8 Å². The molecular formula is C25H24N2. The van der Waals surface area contributed by atoms with Gasteiger partial charge in [-0.1, -0.05) is 60.7 Å². The third-order valence-corrected chi connectivity index (χ3v) is 5.14. The molecule has 2 aromatic heterocycles. The minimum Gasteiger partial charge on any atom is -0.252 e. The monoisotopic (exact) mass is 352 g/mol. The predicted octanol–water partition coefficient (Wildman–Crippen LogP) is 6.20. The van der Waals surface area contributed by atoms with E-state index in [0.29, 0.717) is 0 Å². The Hall–Kier alpha value is -3.00. The molecule has 134 valence electrons. The maximum absolute atomic E-state index is 4.99. The zero-order valence-electron chi connectivity index (χ0n) is 15.9. The summed E-state index contributed by atoms with van der Waals surface area (Å²) in [5.74, 6) is 0. The van der Waals surface area contributed by atoms with Gasteiger partial charge in [0.05, 0.1) is 22.8 Å².